The predicted molar refractivity (Wildman–Crippen MR) is 100.0 cm³/mol. The first kappa shape index (κ1) is 16.0. The Labute approximate surface area is 150 Å². The van der Waals surface area contributed by atoms with Crippen molar-refractivity contribution in [1.29, 1.82) is 0 Å². The van der Waals surface area contributed by atoms with E-state index in [0.717, 1.165) is 17.7 Å². The molecular formula is C20H17N5O. The van der Waals surface area contributed by atoms with Crippen LogP contribution >= 0.6 is 0 Å². The molecule has 0 saturated carbocycles. The van der Waals surface area contributed by atoms with Crippen LogP contribution in [0.1, 0.15) is 22.8 Å². The van der Waals surface area contributed by atoms with E-state index in [4.69, 9.17) is 0 Å². The average molecular weight is 343 g/mol. The Hall–Kier alpha value is -3.54. The number of anilines is 1. The minimum absolute atomic E-state index is 0.145. The third-order valence-corrected chi connectivity index (χ3v) is 4.21. The largest absolute Gasteiger partial charge is 0.322 e. The topological polar surface area (TPSA) is 72.2 Å². The highest BCUT2D eigenvalue weighted by Gasteiger charge is 2.10. The standard InChI is InChI=1S/C20H17N5O/c1-2-14-4-10-17(11-5-14)22-19(26)16-8-6-15(7-9-16)18-23-24-20-21-12-3-13-25(18)20/h3-13H,2H2,1H3,(H,22,26). The summed E-state index contributed by atoms with van der Waals surface area (Å²) >= 11 is 0. The van der Waals surface area contributed by atoms with E-state index in [1.807, 2.05) is 53.1 Å². The van der Waals surface area contributed by atoms with Crippen molar-refractivity contribution < 1.29 is 4.79 Å². The summed E-state index contributed by atoms with van der Waals surface area (Å²) in [5.74, 6) is 1.09. The zero-order valence-electron chi connectivity index (χ0n) is 14.3. The lowest BCUT2D eigenvalue weighted by Gasteiger charge is -2.07. The smallest absolute Gasteiger partial charge is 0.255 e. The van der Waals surface area contributed by atoms with Gasteiger partial charge in [0.25, 0.3) is 11.7 Å². The van der Waals surface area contributed by atoms with Crippen molar-refractivity contribution >= 4 is 17.4 Å². The fourth-order valence-corrected chi connectivity index (χ4v) is 2.74. The van der Waals surface area contributed by atoms with Gasteiger partial charge in [0, 0.05) is 29.2 Å². The number of carbonyl (C=O) groups is 1. The molecule has 2 aromatic heterocycles. The molecule has 0 saturated heterocycles. The minimum Gasteiger partial charge on any atom is -0.322 e. The van der Waals surface area contributed by atoms with Crippen LogP contribution in [0.4, 0.5) is 5.69 Å². The van der Waals surface area contributed by atoms with Gasteiger partial charge in [0.1, 0.15) is 0 Å². The Bertz CT molecular complexity index is 1050. The van der Waals surface area contributed by atoms with Gasteiger partial charge in [-0.05, 0) is 42.3 Å². The molecule has 2 aromatic carbocycles. The van der Waals surface area contributed by atoms with Crippen LogP contribution in [0.25, 0.3) is 17.2 Å². The molecule has 2 heterocycles. The van der Waals surface area contributed by atoms with E-state index in [9.17, 15) is 4.79 Å². The number of aromatic nitrogens is 4. The number of benzene rings is 2. The van der Waals surface area contributed by atoms with Gasteiger partial charge in [0.2, 0.25) is 0 Å². The molecule has 0 aliphatic rings. The van der Waals surface area contributed by atoms with Crippen molar-refractivity contribution in [2.45, 2.75) is 13.3 Å². The Morgan fingerprint density at radius 3 is 2.54 bits per heavy atom. The first-order valence-electron chi connectivity index (χ1n) is 8.41. The number of hydrogen-bond acceptors (Lipinski definition) is 4. The Balaban J connectivity index is 1.54. The maximum absolute atomic E-state index is 12.4. The first-order chi connectivity index (χ1) is 12.7. The zero-order chi connectivity index (χ0) is 17.9. The molecular weight excluding hydrogens is 326 g/mol. The van der Waals surface area contributed by atoms with E-state index in [1.54, 1.807) is 18.3 Å². The lowest BCUT2D eigenvalue weighted by atomic mass is 10.1. The molecule has 0 bridgehead atoms. The number of fused-ring (bicyclic) bond motifs is 1. The summed E-state index contributed by atoms with van der Waals surface area (Å²) in [5, 5.41) is 11.1. The van der Waals surface area contributed by atoms with Crippen molar-refractivity contribution in [2.75, 3.05) is 5.32 Å². The Morgan fingerprint density at radius 2 is 1.81 bits per heavy atom. The highest BCUT2D eigenvalue weighted by molar-refractivity contribution is 6.04. The van der Waals surface area contributed by atoms with Crippen LogP contribution in [0.5, 0.6) is 0 Å². The SMILES string of the molecule is CCc1ccc(NC(=O)c2ccc(-c3nnc4ncccn34)cc2)cc1. The quantitative estimate of drug-likeness (QED) is 0.614. The van der Waals surface area contributed by atoms with Crippen LogP contribution in [0.2, 0.25) is 0 Å². The van der Waals surface area contributed by atoms with Gasteiger partial charge in [-0.1, -0.05) is 31.2 Å². The molecule has 0 atom stereocenters. The van der Waals surface area contributed by atoms with Crippen molar-refractivity contribution in [3.8, 4) is 11.4 Å². The average Bonchev–Trinajstić information content (AvgIpc) is 3.13. The van der Waals surface area contributed by atoms with E-state index in [2.05, 4.69) is 27.4 Å². The summed E-state index contributed by atoms with van der Waals surface area (Å²) in [6, 6.07) is 17.0. The molecule has 0 unspecified atom stereocenters. The molecule has 128 valence electrons. The molecule has 0 aliphatic carbocycles. The summed E-state index contributed by atoms with van der Waals surface area (Å²) in [6.07, 6.45) is 4.51. The van der Waals surface area contributed by atoms with Crippen LogP contribution in [0.3, 0.4) is 0 Å². The summed E-state index contributed by atoms with van der Waals surface area (Å²) in [4.78, 5) is 16.6. The van der Waals surface area contributed by atoms with Crippen LogP contribution in [-0.4, -0.2) is 25.5 Å². The number of amides is 1. The number of rotatable bonds is 4. The molecule has 0 fully saturated rings. The fourth-order valence-electron chi connectivity index (χ4n) is 2.74. The van der Waals surface area contributed by atoms with Crippen molar-refractivity contribution in [2.24, 2.45) is 0 Å². The number of aryl methyl sites for hydroxylation is 1. The second-order valence-electron chi connectivity index (χ2n) is 5.90. The number of nitrogens with zero attached hydrogens (tertiary/aromatic N) is 4. The van der Waals surface area contributed by atoms with Crippen LogP contribution in [0, 0.1) is 0 Å². The highest BCUT2D eigenvalue weighted by atomic mass is 16.1. The molecule has 4 rings (SSSR count). The second kappa shape index (κ2) is 6.76. The zero-order valence-corrected chi connectivity index (χ0v) is 14.3. The maximum Gasteiger partial charge on any atom is 0.255 e. The second-order valence-corrected chi connectivity index (χ2v) is 5.90. The molecule has 6 heteroatoms. The van der Waals surface area contributed by atoms with Crippen molar-refractivity contribution in [3.05, 3.63) is 78.1 Å². The predicted octanol–water partition coefficient (Wildman–Crippen LogP) is 3.61. The van der Waals surface area contributed by atoms with Gasteiger partial charge in [-0.2, -0.15) is 0 Å². The van der Waals surface area contributed by atoms with Gasteiger partial charge in [-0.25, -0.2) is 4.98 Å². The number of hydrogen-bond donors (Lipinski definition) is 1. The monoisotopic (exact) mass is 343 g/mol. The van der Waals surface area contributed by atoms with E-state index < -0.39 is 0 Å². The van der Waals surface area contributed by atoms with Gasteiger partial charge in [0.15, 0.2) is 5.82 Å². The van der Waals surface area contributed by atoms with Gasteiger partial charge >= 0.3 is 0 Å². The normalized spacial score (nSPS) is 10.8. The van der Waals surface area contributed by atoms with Crippen LogP contribution < -0.4 is 5.32 Å². The van der Waals surface area contributed by atoms with Crippen molar-refractivity contribution in [3.63, 3.8) is 0 Å². The van der Waals surface area contributed by atoms with Crippen molar-refractivity contribution in [1.82, 2.24) is 19.6 Å². The van der Waals surface area contributed by atoms with E-state index >= 15 is 0 Å². The molecule has 0 radical (unpaired) electrons. The fraction of sp³-hybridized carbons (Fsp3) is 0.100. The summed E-state index contributed by atoms with van der Waals surface area (Å²) in [5.41, 5.74) is 3.47. The molecule has 6 nitrogen and oxygen atoms in total. The van der Waals surface area contributed by atoms with E-state index in [-0.39, 0.29) is 5.91 Å². The lowest BCUT2D eigenvalue weighted by molar-refractivity contribution is 0.102. The summed E-state index contributed by atoms with van der Waals surface area (Å²) in [7, 11) is 0. The first-order valence-corrected chi connectivity index (χ1v) is 8.41. The number of nitrogens with one attached hydrogen (secondary N) is 1. The third kappa shape index (κ3) is 3.04. The van der Waals surface area contributed by atoms with E-state index in [0.29, 0.717) is 17.2 Å². The maximum atomic E-state index is 12.4. The Morgan fingerprint density at radius 1 is 1.04 bits per heavy atom. The highest BCUT2D eigenvalue weighted by Crippen LogP contribution is 2.19. The molecule has 1 N–H and O–H groups in total. The van der Waals surface area contributed by atoms with Gasteiger partial charge in [0.05, 0.1) is 0 Å². The molecule has 0 spiro atoms. The van der Waals surface area contributed by atoms with Crippen LogP contribution in [0.15, 0.2) is 67.0 Å². The van der Waals surface area contributed by atoms with Gasteiger partial charge in [-0.3, -0.25) is 9.20 Å². The van der Waals surface area contributed by atoms with Gasteiger partial charge in [-0.15, -0.1) is 10.2 Å². The number of carbonyl (C=O) groups excluding carboxylic acids is 1. The third-order valence-electron chi connectivity index (χ3n) is 4.21. The Kier molecular flexibility index (Phi) is 4.15. The molecule has 1 amide bonds. The summed E-state index contributed by atoms with van der Waals surface area (Å²) < 4.78 is 1.81. The molecule has 26 heavy (non-hydrogen) atoms. The molecule has 0 aliphatic heterocycles. The van der Waals surface area contributed by atoms with Crippen LogP contribution in [-0.2, 0) is 6.42 Å². The minimum atomic E-state index is -0.145. The molecule has 4 aromatic rings. The lowest BCUT2D eigenvalue weighted by Crippen LogP contribution is -2.11. The van der Waals surface area contributed by atoms with E-state index in [1.165, 1.54) is 5.56 Å². The van der Waals surface area contributed by atoms with Gasteiger partial charge < -0.3 is 5.32 Å². The summed E-state index contributed by atoms with van der Waals surface area (Å²) in [6.45, 7) is 2.10.